The number of para-hydroxylation sites is 1. The highest BCUT2D eigenvalue weighted by Crippen LogP contribution is 2.18. The average molecular weight is 280 g/mol. The number of nitrogens with zero attached hydrogens (tertiary/aromatic N) is 2. The maximum absolute atomic E-state index is 12.4. The number of urea groups is 1. The van der Waals surface area contributed by atoms with Gasteiger partial charge >= 0.3 is 6.03 Å². The van der Waals surface area contributed by atoms with Crippen molar-refractivity contribution in [2.24, 2.45) is 0 Å². The molecule has 106 valence electrons. The minimum Gasteiger partial charge on any atom is -0.345 e. The molecule has 0 aliphatic rings. The van der Waals surface area contributed by atoms with Crippen molar-refractivity contribution in [3.8, 4) is 0 Å². The molecule has 5 heteroatoms. The normalized spacial score (nSPS) is 10.5. The number of aromatic amines is 1. The third-order valence-electron chi connectivity index (χ3n) is 3.30. The lowest BCUT2D eigenvalue weighted by Crippen LogP contribution is -2.34. The maximum atomic E-state index is 12.4. The standard InChI is InChI=1S/C16H16N4O/c1-2-20(13-6-4-3-5-7-13)16(21)19-12-8-9-14-15(10-12)18-11-17-14/h3-11H,2H2,1H3,(H,17,18)(H,19,21). The molecule has 21 heavy (non-hydrogen) atoms. The number of rotatable bonds is 3. The van der Waals surface area contributed by atoms with Crippen molar-refractivity contribution in [2.75, 3.05) is 16.8 Å². The summed E-state index contributed by atoms with van der Waals surface area (Å²) in [5, 5.41) is 2.91. The van der Waals surface area contributed by atoms with Gasteiger partial charge < -0.3 is 10.3 Å². The number of fused-ring (bicyclic) bond motifs is 1. The van der Waals surface area contributed by atoms with Crippen LogP contribution in [0.3, 0.4) is 0 Å². The smallest absolute Gasteiger partial charge is 0.326 e. The Kier molecular flexibility index (Phi) is 3.55. The Hall–Kier alpha value is -2.82. The van der Waals surface area contributed by atoms with Crippen LogP contribution in [-0.2, 0) is 0 Å². The van der Waals surface area contributed by atoms with Gasteiger partial charge in [-0.05, 0) is 37.3 Å². The molecule has 1 heterocycles. The molecule has 0 spiro atoms. The van der Waals surface area contributed by atoms with E-state index in [0.717, 1.165) is 22.4 Å². The number of amides is 2. The predicted octanol–water partition coefficient (Wildman–Crippen LogP) is 3.62. The summed E-state index contributed by atoms with van der Waals surface area (Å²) in [6, 6.07) is 15.1. The molecule has 2 amide bonds. The van der Waals surface area contributed by atoms with Crippen LogP contribution >= 0.6 is 0 Å². The number of benzene rings is 2. The Morgan fingerprint density at radius 3 is 2.81 bits per heavy atom. The number of anilines is 2. The van der Waals surface area contributed by atoms with Crippen LogP contribution in [0.2, 0.25) is 0 Å². The summed E-state index contributed by atoms with van der Waals surface area (Å²) in [5.41, 5.74) is 3.39. The van der Waals surface area contributed by atoms with Gasteiger partial charge in [0.1, 0.15) is 0 Å². The Labute approximate surface area is 122 Å². The molecule has 0 aliphatic heterocycles. The van der Waals surface area contributed by atoms with Gasteiger partial charge in [-0.25, -0.2) is 9.78 Å². The van der Waals surface area contributed by atoms with Crippen molar-refractivity contribution in [3.63, 3.8) is 0 Å². The SMILES string of the molecule is CCN(C(=O)Nc1ccc2nc[nH]c2c1)c1ccccc1. The van der Waals surface area contributed by atoms with E-state index in [1.165, 1.54) is 0 Å². The van der Waals surface area contributed by atoms with E-state index in [4.69, 9.17) is 0 Å². The third kappa shape index (κ3) is 2.72. The van der Waals surface area contributed by atoms with Gasteiger partial charge in [0.15, 0.2) is 0 Å². The van der Waals surface area contributed by atoms with Crippen LogP contribution < -0.4 is 10.2 Å². The molecule has 3 rings (SSSR count). The first-order valence-corrected chi connectivity index (χ1v) is 6.84. The molecule has 0 fully saturated rings. The van der Waals surface area contributed by atoms with Crippen LogP contribution in [-0.4, -0.2) is 22.5 Å². The fourth-order valence-corrected chi connectivity index (χ4v) is 2.26. The van der Waals surface area contributed by atoms with Crippen molar-refractivity contribution >= 4 is 28.4 Å². The first kappa shape index (κ1) is 13.2. The molecular formula is C16H16N4O. The van der Waals surface area contributed by atoms with Gasteiger partial charge in [0, 0.05) is 17.9 Å². The highest BCUT2D eigenvalue weighted by atomic mass is 16.2. The second-order valence-electron chi connectivity index (χ2n) is 4.64. The predicted molar refractivity (Wildman–Crippen MR) is 84.6 cm³/mol. The molecule has 2 aromatic carbocycles. The van der Waals surface area contributed by atoms with Gasteiger partial charge in [-0.3, -0.25) is 4.90 Å². The molecule has 5 nitrogen and oxygen atoms in total. The number of hydrogen-bond acceptors (Lipinski definition) is 2. The fourth-order valence-electron chi connectivity index (χ4n) is 2.26. The highest BCUT2D eigenvalue weighted by Gasteiger charge is 2.13. The first-order valence-electron chi connectivity index (χ1n) is 6.84. The minimum absolute atomic E-state index is 0.150. The van der Waals surface area contributed by atoms with Crippen molar-refractivity contribution < 1.29 is 4.79 Å². The molecule has 0 atom stereocenters. The molecule has 0 radical (unpaired) electrons. The minimum atomic E-state index is -0.150. The Balaban J connectivity index is 1.81. The number of aromatic nitrogens is 2. The molecule has 0 bridgehead atoms. The number of imidazole rings is 1. The molecular weight excluding hydrogens is 264 g/mol. The van der Waals surface area contributed by atoms with Gasteiger partial charge in [-0.15, -0.1) is 0 Å². The van der Waals surface area contributed by atoms with Crippen molar-refractivity contribution in [1.82, 2.24) is 9.97 Å². The zero-order valence-electron chi connectivity index (χ0n) is 11.7. The quantitative estimate of drug-likeness (QED) is 0.769. The summed E-state index contributed by atoms with van der Waals surface area (Å²) in [4.78, 5) is 21.3. The number of nitrogens with one attached hydrogen (secondary N) is 2. The molecule has 0 saturated heterocycles. The van der Waals surface area contributed by atoms with Crippen LogP contribution in [0.1, 0.15) is 6.92 Å². The summed E-state index contributed by atoms with van der Waals surface area (Å²) in [6.45, 7) is 2.55. The lowest BCUT2D eigenvalue weighted by Gasteiger charge is -2.21. The number of carbonyl (C=O) groups is 1. The first-order chi connectivity index (χ1) is 10.3. The summed E-state index contributed by atoms with van der Waals surface area (Å²) >= 11 is 0. The second-order valence-corrected chi connectivity index (χ2v) is 4.64. The Bertz CT molecular complexity index is 751. The van der Waals surface area contributed by atoms with Crippen LogP contribution in [0.5, 0.6) is 0 Å². The molecule has 1 aromatic heterocycles. The van der Waals surface area contributed by atoms with Gasteiger partial charge in [0.05, 0.1) is 17.4 Å². The van der Waals surface area contributed by atoms with Crippen LogP contribution in [0.4, 0.5) is 16.2 Å². The van der Waals surface area contributed by atoms with Gasteiger partial charge in [0.2, 0.25) is 0 Å². The fraction of sp³-hybridized carbons (Fsp3) is 0.125. The Morgan fingerprint density at radius 1 is 1.24 bits per heavy atom. The molecule has 3 aromatic rings. The van der Waals surface area contributed by atoms with Crippen LogP contribution in [0, 0.1) is 0 Å². The summed E-state index contributed by atoms with van der Waals surface area (Å²) < 4.78 is 0. The largest absolute Gasteiger partial charge is 0.345 e. The lowest BCUT2D eigenvalue weighted by molar-refractivity contribution is 0.257. The van der Waals surface area contributed by atoms with Crippen LogP contribution in [0.15, 0.2) is 54.9 Å². The number of H-pyrrole nitrogens is 1. The third-order valence-corrected chi connectivity index (χ3v) is 3.30. The Morgan fingerprint density at radius 2 is 2.05 bits per heavy atom. The van der Waals surface area contributed by atoms with Crippen molar-refractivity contribution in [1.29, 1.82) is 0 Å². The van der Waals surface area contributed by atoms with E-state index in [2.05, 4.69) is 15.3 Å². The molecule has 0 aliphatic carbocycles. The van der Waals surface area contributed by atoms with E-state index >= 15 is 0 Å². The zero-order chi connectivity index (χ0) is 14.7. The van der Waals surface area contributed by atoms with E-state index in [-0.39, 0.29) is 6.03 Å². The zero-order valence-corrected chi connectivity index (χ0v) is 11.7. The highest BCUT2D eigenvalue weighted by molar-refractivity contribution is 6.02. The van der Waals surface area contributed by atoms with Gasteiger partial charge in [0.25, 0.3) is 0 Å². The molecule has 0 saturated carbocycles. The van der Waals surface area contributed by atoms with E-state index in [1.807, 2.05) is 55.5 Å². The van der Waals surface area contributed by atoms with Gasteiger partial charge in [-0.1, -0.05) is 18.2 Å². The van der Waals surface area contributed by atoms with Gasteiger partial charge in [-0.2, -0.15) is 0 Å². The number of hydrogen-bond donors (Lipinski definition) is 2. The summed E-state index contributed by atoms with van der Waals surface area (Å²) in [5.74, 6) is 0. The monoisotopic (exact) mass is 280 g/mol. The van der Waals surface area contributed by atoms with Crippen molar-refractivity contribution in [3.05, 3.63) is 54.9 Å². The molecule has 0 unspecified atom stereocenters. The van der Waals surface area contributed by atoms with E-state index < -0.39 is 0 Å². The van der Waals surface area contributed by atoms with Crippen LogP contribution in [0.25, 0.3) is 11.0 Å². The average Bonchev–Trinajstić information content (AvgIpc) is 2.96. The van der Waals surface area contributed by atoms with E-state index in [1.54, 1.807) is 11.2 Å². The maximum Gasteiger partial charge on any atom is 0.326 e. The van der Waals surface area contributed by atoms with E-state index in [9.17, 15) is 4.79 Å². The van der Waals surface area contributed by atoms with E-state index in [0.29, 0.717) is 6.54 Å². The second kappa shape index (κ2) is 5.66. The summed E-state index contributed by atoms with van der Waals surface area (Å²) in [7, 11) is 0. The topological polar surface area (TPSA) is 61.0 Å². The van der Waals surface area contributed by atoms with Crippen molar-refractivity contribution in [2.45, 2.75) is 6.92 Å². The molecule has 2 N–H and O–H groups in total. The lowest BCUT2D eigenvalue weighted by atomic mass is 10.2. The number of carbonyl (C=O) groups excluding carboxylic acids is 1. The summed E-state index contributed by atoms with van der Waals surface area (Å²) in [6.07, 6.45) is 1.64.